The number of carbonyl (C=O) groups is 1. The Kier molecular flexibility index (Phi) is 5.64. The summed E-state index contributed by atoms with van der Waals surface area (Å²) in [6.45, 7) is 6.24. The van der Waals surface area contributed by atoms with Crippen molar-refractivity contribution in [1.82, 2.24) is 5.43 Å². The van der Waals surface area contributed by atoms with E-state index in [2.05, 4.69) is 36.5 Å². The SMILES string of the molecule is COc1cccc(/C=N/NC(=O)c2cc(C)c3cccc(C(C)C)cc2-3)c1O. The van der Waals surface area contributed by atoms with Crippen LogP contribution in [0.3, 0.4) is 0 Å². The van der Waals surface area contributed by atoms with Crippen LogP contribution in [0, 0.1) is 6.92 Å². The molecule has 2 aliphatic rings. The third kappa shape index (κ3) is 3.83. The number of fused-ring (bicyclic) bond motifs is 1. The Bertz CT molecular complexity index is 1010. The van der Waals surface area contributed by atoms with Crippen molar-refractivity contribution >= 4 is 12.1 Å². The summed E-state index contributed by atoms with van der Waals surface area (Å²) in [4.78, 5) is 12.7. The largest absolute Gasteiger partial charge is 0.504 e. The molecule has 28 heavy (non-hydrogen) atoms. The number of nitrogens with zero attached hydrogens (tertiary/aromatic N) is 1. The highest BCUT2D eigenvalue weighted by Gasteiger charge is 2.18. The molecule has 0 radical (unpaired) electrons. The molecule has 144 valence electrons. The van der Waals surface area contributed by atoms with Crippen LogP contribution in [0.2, 0.25) is 0 Å². The van der Waals surface area contributed by atoms with Gasteiger partial charge in [0.05, 0.1) is 13.3 Å². The summed E-state index contributed by atoms with van der Waals surface area (Å²) in [6, 6.07) is 15.2. The van der Waals surface area contributed by atoms with E-state index in [0.717, 1.165) is 16.7 Å². The lowest BCUT2D eigenvalue weighted by atomic mass is 10.0. The van der Waals surface area contributed by atoms with E-state index in [0.29, 0.717) is 22.8 Å². The molecule has 0 unspecified atom stereocenters. The first-order chi connectivity index (χ1) is 13.4. The van der Waals surface area contributed by atoms with Crippen LogP contribution < -0.4 is 10.2 Å². The van der Waals surface area contributed by atoms with Gasteiger partial charge in [-0.05, 0) is 53.3 Å². The molecule has 0 bridgehead atoms. The van der Waals surface area contributed by atoms with Gasteiger partial charge in [-0.25, -0.2) is 5.43 Å². The van der Waals surface area contributed by atoms with Crippen molar-refractivity contribution in [3.8, 4) is 22.6 Å². The van der Waals surface area contributed by atoms with Crippen molar-refractivity contribution in [2.24, 2.45) is 5.10 Å². The molecule has 0 saturated carbocycles. The molecular formula is C23H24N2O3. The van der Waals surface area contributed by atoms with Crippen LogP contribution in [0.15, 0.2) is 53.6 Å². The molecule has 0 heterocycles. The number of nitrogens with one attached hydrogen (secondary N) is 1. The third-order valence-corrected chi connectivity index (χ3v) is 4.76. The fraction of sp³-hybridized carbons (Fsp3) is 0.217. The molecule has 3 rings (SSSR count). The third-order valence-electron chi connectivity index (χ3n) is 4.76. The van der Waals surface area contributed by atoms with Crippen molar-refractivity contribution in [2.45, 2.75) is 26.7 Å². The first kappa shape index (κ1) is 19.4. The van der Waals surface area contributed by atoms with Gasteiger partial charge in [-0.1, -0.05) is 44.2 Å². The summed E-state index contributed by atoms with van der Waals surface area (Å²) in [7, 11) is 1.48. The van der Waals surface area contributed by atoms with Gasteiger partial charge in [-0.3, -0.25) is 4.79 Å². The number of methoxy groups -OCH3 is 1. The first-order valence-corrected chi connectivity index (χ1v) is 9.15. The number of aromatic hydroxyl groups is 1. The number of benzene rings is 1. The maximum Gasteiger partial charge on any atom is 0.272 e. The Morgan fingerprint density at radius 1 is 1.14 bits per heavy atom. The molecule has 5 heteroatoms. The van der Waals surface area contributed by atoms with Crippen LogP contribution in [-0.2, 0) is 0 Å². The van der Waals surface area contributed by atoms with Crippen LogP contribution >= 0.6 is 0 Å². The number of hydrogen-bond donors (Lipinski definition) is 2. The molecule has 1 aromatic carbocycles. The molecule has 1 aromatic rings. The van der Waals surface area contributed by atoms with Gasteiger partial charge >= 0.3 is 0 Å². The van der Waals surface area contributed by atoms with Gasteiger partial charge in [0.1, 0.15) is 0 Å². The molecular weight excluding hydrogens is 352 g/mol. The van der Waals surface area contributed by atoms with E-state index in [9.17, 15) is 9.90 Å². The van der Waals surface area contributed by atoms with Crippen LogP contribution in [0.4, 0.5) is 0 Å². The number of aryl methyl sites for hydroxylation is 1. The van der Waals surface area contributed by atoms with Crippen LogP contribution in [0.5, 0.6) is 11.5 Å². The van der Waals surface area contributed by atoms with Crippen LogP contribution in [0.25, 0.3) is 11.1 Å². The summed E-state index contributed by atoms with van der Waals surface area (Å²) in [6.07, 6.45) is 1.40. The Balaban J connectivity index is 1.87. The summed E-state index contributed by atoms with van der Waals surface area (Å²) in [5.74, 6) is 0.390. The van der Waals surface area contributed by atoms with E-state index in [1.54, 1.807) is 18.2 Å². The fourth-order valence-corrected chi connectivity index (χ4v) is 3.15. The number of phenolic OH excluding ortho intramolecular Hbond substituents is 1. The smallest absolute Gasteiger partial charge is 0.272 e. The monoisotopic (exact) mass is 376 g/mol. The lowest BCUT2D eigenvalue weighted by Gasteiger charge is -2.06. The lowest BCUT2D eigenvalue weighted by Crippen LogP contribution is -2.17. The number of hydrazone groups is 1. The van der Waals surface area contributed by atoms with Gasteiger partial charge < -0.3 is 9.84 Å². The topological polar surface area (TPSA) is 70.9 Å². The number of ether oxygens (including phenoxy) is 1. The Labute approximate surface area is 165 Å². The number of carbonyl (C=O) groups excluding carboxylic acids is 1. The summed E-state index contributed by atoms with van der Waals surface area (Å²) in [5, 5.41) is 14.1. The van der Waals surface area contributed by atoms with Crippen LogP contribution in [0.1, 0.15) is 46.8 Å². The zero-order valence-corrected chi connectivity index (χ0v) is 16.5. The van der Waals surface area contributed by atoms with Gasteiger partial charge in [0.25, 0.3) is 5.91 Å². The zero-order chi connectivity index (χ0) is 20.3. The Hall–Kier alpha value is -3.34. The second-order valence-electron chi connectivity index (χ2n) is 6.99. The minimum Gasteiger partial charge on any atom is -0.504 e. The predicted molar refractivity (Wildman–Crippen MR) is 112 cm³/mol. The quantitative estimate of drug-likeness (QED) is 0.501. The molecule has 2 N–H and O–H groups in total. The minimum absolute atomic E-state index is 0.0220. The van der Waals surface area contributed by atoms with E-state index in [1.807, 2.05) is 25.1 Å². The molecule has 0 spiro atoms. The number of amides is 1. The van der Waals surface area contributed by atoms with Gasteiger partial charge in [0.15, 0.2) is 11.5 Å². The van der Waals surface area contributed by atoms with E-state index >= 15 is 0 Å². The van der Waals surface area contributed by atoms with Crippen molar-refractivity contribution in [1.29, 1.82) is 0 Å². The summed E-state index contributed by atoms with van der Waals surface area (Å²) >= 11 is 0. The van der Waals surface area contributed by atoms with E-state index in [1.165, 1.54) is 18.9 Å². The number of para-hydroxylation sites is 1. The van der Waals surface area contributed by atoms with Crippen molar-refractivity contribution in [3.05, 3.63) is 70.8 Å². The van der Waals surface area contributed by atoms with Gasteiger partial charge in [0.2, 0.25) is 0 Å². The lowest BCUT2D eigenvalue weighted by molar-refractivity contribution is 0.0956. The van der Waals surface area contributed by atoms with Gasteiger partial charge in [-0.15, -0.1) is 0 Å². The van der Waals surface area contributed by atoms with Crippen molar-refractivity contribution < 1.29 is 14.6 Å². The molecule has 1 amide bonds. The highest BCUT2D eigenvalue weighted by atomic mass is 16.5. The molecule has 0 aromatic heterocycles. The average Bonchev–Trinajstić information content (AvgIpc) is 2.84. The first-order valence-electron chi connectivity index (χ1n) is 9.15. The van der Waals surface area contributed by atoms with Gasteiger partial charge in [0, 0.05) is 11.1 Å². The van der Waals surface area contributed by atoms with Crippen molar-refractivity contribution in [2.75, 3.05) is 7.11 Å². The maximum atomic E-state index is 12.7. The minimum atomic E-state index is -0.294. The molecule has 0 fully saturated rings. The zero-order valence-electron chi connectivity index (χ0n) is 16.5. The molecule has 0 saturated heterocycles. The number of phenols is 1. The average molecular weight is 376 g/mol. The Morgan fingerprint density at radius 3 is 2.61 bits per heavy atom. The maximum absolute atomic E-state index is 12.7. The standard InChI is InChI=1S/C23H24N2O3/c1-14(2)16-7-5-9-18-15(3)11-20(19(18)12-16)23(27)25-24-13-17-8-6-10-21(28-4)22(17)26/h5-14,26H,1-4H3,(H,25,27)/b24-13+. The van der Waals surface area contributed by atoms with Crippen LogP contribution in [-0.4, -0.2) is 24.3 Å². The number of rotatable bonds is 5. The van der Waals surface area contributed by atoms with E-state index < -0.39 is 0 Å². The van der Waals surface area contributed by atoms with E-state index in [-0.39, 0.29) is 11.7 Å². The highest BCUT2D eigenvalue weighted by molar-refractivity contribution is 6.03. The predicted octanol–water partition coefficient (Wildman–Crippen LogP) is 4.70. The normalized spacial score (nSPS) is 11.3. The second-order valence-corrected chi connectivity index (χ2v) is 6.99. The van der Waals surface area contributed by atoms with Crippen molar-refractivity contribution in [3.63, 3.8) is 0 Å². The Morgan fingerprint density at radius 2 is 1.89 bits per heavy atom. The molecule has 5 nitrogen and oxygen atoms in total. The van der Waals surface area contributed by atoms with E-state index in [4.69, 9.17) is 4.74 Å². The number of hydrogen-bond acceptors (Lipinski definition) is 4. The second kappa shape index (κ2) is 8.13. The van der Waals surface area contributed by atoms with Gasteiger partial charge in [-0.2, -0.15) is 5.10 Å². The molecule has 0 aliphatic heterocycles. The highest BCUT2D eigenvalue weighted by Crippen LogP contribution is 2.33. The fourth-order valence-electron chi connectivity index (χ4n) is 3.15. The molecule has 0 atom stereocenters. The summed E-state index contributed by atoms with van der Waals surface area (Å²) < 4.78 is 5.07. The molecule has 2 aliphatic carbocycles. The summed E-state index contributed by atoms with van der Waals surface area (Å²) in [5.41, 5.74) is 7.75.